The molecule has 0 aromatic carbocycles. The van der Waals surface area contributed by atoms with Crippen molar-refractivity contribution in [3.63, 3.8) is 0 Å². The summed E-state index contributed by atoms with van der Waals surface area (Å²) >= 11 is 0. The van der Waals surface area contributed by atoms with Gasteiger partial charge in [-0.1, -0.05) is 6.92 Å². The van der Waals surface area contributed by atoms with Crippen LogP contribution in [0, 0.1) is 5.92 Å². The Bertz CT molecular complexity index is 181. The van der Waals surface area contributed by atoms with Gasteiger partial charge in [-0.15, -0.1) is 0 Å². The summed E-state index contributed by atoms with van der Waals surface area (Å²) in [5.74, 6) is 1.03. The van der Waals surface area contributed by atoms with E-state index in [9.17, 15) is 4.79 Å². The number of amides is 1. The van der Waals surface area contributed by atoms with Crippen molar-refractivity contribution >= 4 is 5.91 Å². The van der Waals surface area contributed by atoms with Crippen molar-refractivity contribution in [1.29, 1.82) is 0 Å². The number of nitrogens with zero attached hydrogens (tertiary/aromatic N) is 1. The Labute approximate surface area is 66.8 Å². The van der Waals surface area contributed by atoms with Gasteiger partial charge >= 0.3 is 0 Å². The Morgan fingerprint density at radius 3 is 2.91 bits per heavy atom. The molecule has 2 fully saturated rings. The lowest BCUT2D eigenvalue weighted by atomic mass is 10.3. The minimum absolute atomic E-state index is 0.283. The SMILES string of the molecule is CC1CC1N1CCNCC1=O. The molecule has 2 unspecified atom stereocenters. The van der Waals surface area contributed by atoms with E-state index in [0.29, 0.717) is 12.6 Å². The predicted molar refractivity (Wildman–Crippen MR) is 42.2 cm³/mol. The van der Waals surface area contributed by atoms with Gasteiger partial charge in [-0.3, -0.25) is 4.79 Å². The molecule has 11 heavy (non-hydrogen) atoms. The van der Waals surface area contributed by atoms with E-state index >= 15 is 0 Å². The molecule has 0 aromatic heterocycles. The average Bonchev–Trinajstić information content (AvgIpc) is 2.68. The normalized spacial score (nSPS) is 37.5. The third-order valence-corrected chi connectivity index (χ3v) is 2.59. The summed E-state index contributed by atoms with van der Waals surface area (Å²) in [6.07, 6.45) is 1.21. The number of carbonyl (C=O) groups is 1. The van der Waals surface area contributed by atoms with E-state index in [-0.39, 0.29) is 5.91 Å². The first-order chi connectivity index (χ1) is 5.29. The molecular formula is C8H14N2O. The Morgan fingerprint density at radius 2 is 2.36 bits per heavy atom. The molecule has 62 valence electrons. The van der Waals surface area contributed by atoms with Crippen LogP contribution in [0.3, 0.4) is 0 Å². The van der Waals surface area contributed by atoms with Crippen molar-refractivity contribution in [3.05, 3.63) is 0 Å². The molecule has 2 rings (SSSR count). The van der Waals surface area contributed by atoms with Crippen LogP contribution in [0.15, 0.2) is 0 Å². The molecule has 3 nitrogen and oxygen atoms in total. The summed E-state index contributed by atoms with van der Waals surface area (Å²) in [5.41, 5.74) is 0. The number of hydrogen-bond donors (Lipinski definition) is 1. The smallest absolute Gasteiger partial charge is 0.236 e. The Morgan fingerprint density at radius 1 is 1.64 bits per heavy atom. The molecule has 1 N–H and O–H groups in total. The first kappa shape index (κ1) is 7.10. The summed E-state index contributed by atoms with van der Waals surface area (Å²) in [6.45, 7) is 4.63. The highest BCUT2D eigenvalue weighted by molar-refractivity contribution is 5.79. The maximum atomic E-state index is 11.3. The number of carbonyl (C=O) groups excluding carboxylic acids is 1. The average molecular weight is 154 g/mol. The number of nitrogens with one attached hydrogen (secondary N) is 1. The van der Waals surface area contributed by atoms with Crippen LogP contribution in [0.5, 0.6) is 0 Å². The van der Waals surface area contributed by atoms with Gasteiger partial charge in [0, 0.05) is 19.1 Å². The summed E-state index contributed by atoms with van der Waals surface area (Å²) in [6, 6.07) is 0.574. The first-order valence-corrected chi connectivity index (χ1v) is 4.29. The van der Waals surface area contributed by atoms with Crippen LogP contribution in [0.1, 0.15) is 13.3 Å². The molecule has 1 heterocycles. The number of rotatable bonds is 1. The van der Waals surface area contributed by atoms with E-state index in [0.717, 1.165) is 19.0 Å². The molecule has 0 radical (unpaired) electrons. The second-order valence-corrected chi connectivity index (χ2v) is 3.54. The maximum Gasteiger partial charge on any atom is 0.236 e. The number of piperazine rings is 1. The van der Waals surface area contributed by atoms with E-state index in [1.165, 1.54) is 6.42 Å². The molecule has 3 heteroatoms. The highest BCUT2D eigenvalue weighted by Gasteiger charge is 2.40. The molecule has 1 amide bonds. The topological polar surface area (TPSA) is 32.3 Å². The van der Waals surface area contributed by atoms with Crippen LogP contribution in [-0.2, 0) is 4.79 Å². The monoisotopic (exact) mass is 154 g/mol. The summed E-state index contributed by atoms with van der Waals surface area (Å²) in [7, 11) is 0. The highest BCUT2D eigenvalue weighted by atomic mass is 16.2. The van der Waals surface area contributed by atoms with Gasteiger partial charge < -0.3 is 10.2 Å². The molecule has 2 aliphatic rings. The van der Waals surface area contributed by atoms with Gasteiger partial charge in [0.2, 0.25) is 5.91 Å². The second kappa shape index (κ2) is 2.48. The quantitative estimate of drug-likeness (QED) is 0.568. The summed E-state index contributed by atoms with van der Waals surface area (Å²) in [4.78, 5) is 13.3. The van der Waals surface area contributed by atoms with E-state index < -0.39 is 0 Å². The standard InChI is InChI=1S/C8H14N2O/c1-6-4-7(6)10-3-2-9-5-8(10)11/h6-7,9H,2-5H2,1H3. The van der Waals surface area contributed by atoms with Crippen molar-refractivity contribution in [2.75, 3.05) is 19.6 Å². The zero-order chi connectivity index (χ0) is 7.84. The van der Waals surface area contributed by atoms with E-state index in [4.69, 9.17) is 0 Å². The molecule has 2 atom stereocenters. The van der Waals surface area contributed by atoms with Gasteiger partial charge in [-0.05, 0) is 12.3 Å². The fourth-order valence-electron chi connectivity index (χ4n) is 1.71. The molecule has 1 aliphatic carbocycles. The number of hydrogen-bond acceptors (Lipinski definition) is 2. The van der Waals surface area contributed by atoms with Crippen LogP contribution in [0.25, 0.3) is 0 Å². The van der Waals surface area contributed by atoms with Crippen LogP contribution >= 0.6 is 0 Å². The highest BCUT2D eigenvalue weighted by Crippen LogP contribution is 2.35. The van der Waals surface area contributed by atoms with Gasteiger partial charge in [0.1, 0.15) is 0 Å². The van der Waals surface area contributed by atoms with Gasteiger partial charge in [0.05, 0.1) is 6.54 Å². The van der Waals surface area contributed by atoms with Crippen LogP contribution in [0.4, 0.5) is 0 Å². The lowest BCUT2D eigenvalue weighted by Gasteiger charge is -2.27. The second-order valence-electron chi connectivity index (χ2n) is 3.54. The van der Waals surface area contributed by atoms with Crippen molar-refractivity contribution in [2.45, 2.75) is 19.4 Å². The summed E-state index contributed by atoms with van der Waals surface area (Å²) < 4.78 is 0. The molecule has 0 aromatic rings. The van der Waals surface area contributed by atoms with E-state index in [1.54, 1.807) is 0 Å². The van der Waals surface area contributed by atoms with Crippen molar-refractivity contribution in [3.8, 4) is 0 Å². The minimum atomic E-state index is 0.283. The molecule has 0 spiro atoms. The third kappa shape index (κ3) is 1.25. The largest absolute Gasteiger partial charge is 0.337 e. The molecule has 0 bridgehead atoms. The van der Waals surface area contributed by atoms with Crippen LogP contribution in [0.2, 0.25) is 0 Å². The predicted octanol–water partition coefficient (Wildman–Crippen LogP) is -0.173. The minimum Gasteiger partial charge on any atom is -0.337 e. The Kier molecular flexibility index (Phi) is 1.60. The fraction of sp³-hybridized carbons (Fsp3) is 0.875. The van der Waals surface area contributed by atoms with E-state index in [1.807, 2.05) is 4.90 Å². The fourth-order valence-corrected chi connectivity index (χ4v) is 1.71. The summed E-state index contributed by atoms with van der Waals surface area (Å²) in [5, 5.41) is 3.07. The molecular weight excluding hydrogens is 140 g/mol. The zero-order valence-electron chi connectivity index (χ0n) is 6.84. The molecule has 1 saturated carbocycles. The molecule has 1 aliphatic heterocycles. The van der Waals surface area contributed by atoms with E-state index in [2.05, 4.69) is 12.2 Å². The zero-order valence-corrected chi connectivity index (χ0v) is 6.84. The Balaban J connectivity index is 1.95. The van der Waals surface area contributed by atoms with Crippen LogP contribution in [-0.4, -0.2) is 36.5 Å². The van der Waals surface area contributed by atoms with Crippen LogP contribution < -0.4 is 5.32 Å². The Hall–Kier alpha value is -0.570. The maximum absolute atomic E-state index is 11.3. The van der Waals surface area contributed by atoms with Gasteiger partial charge in [-0.25, -0.2) is 0 Å². The van der Waals surface area contributed by atoms with Gasteiger partial charge in [-0.2, -0.15) is 0 Å². The van der Waals surface area contributed by atoms with Crippen molar-refractivity contribution < 1.29 is 4.79 Å². The lowest BCUT2D eigenvalue weighted by Crippen LogP contribution is -2.49. The van der Waals surface area contributed by atoms with Crippen molar-refractivity contribution in [1.82, 2.24) is 10.2 Å². The van der Waals surface area contributed by atoms with Gasteiger partial charge in [0.15, 0.2) is 0 Å². The molecule has 1 saturated heterocycles. The third-order valence-electron chi connectivity index (χ3n) is 2.59. The van der Waals surface area contributed by atoms with Crippen molar-refractivity contribution in [2.24, 2.45) is 5.92 Å². The lowest BCUT2D eigenvalue weighted by molar-refractivity contribution is -0.132. The van der Waals surface area contributed by atoms with Gasteiger partial charge in [0.25, 0.3) is 0 Å². The first-order valence-electron chi connectivity index (χ1n) is 4.29.